The molecule has 1 fully saturated rings. The summed E-state index contributed by atoms with van der Waals surface area (Å²) in [6.45, 7) is 5.98. The van der Waals surface area contributed by atoms with Gasteiger partial charge in [0.25, 0.3) is 0 Å². The fraction of sp³-hybridized carbons (Fsp3) is 0.615. The summed E-state index contributed by atoms with van der Waals surface area (Å²) >= 11 is 0. The van der Waals surface area contributed by atoms with Crippen LogP contribution in [0.3, 0.4) is 0 Å². The first-order valence-electron chi connectivity index (χ1n) is 6.05. The molecule has 1 aromatic rings. The van der Waals surface area contributed by atoms with E-state index < -0.39 is 0 Å². The number of aromatic nitrogens is 1. The van der Waals surface area contributed by atoms with Crippen LogP contribution in [0, 0.1) is 5.92 Å². The van der Waals surface area contributed by atoms with Gasteiger partial charge in [0.2, 0.25) is 0 Å². The standard InChI is InChI=1S/C13H20N2O/c1-10(2)15-7-12-5-6-14-8-13(12)16-9-11-3-4-11/h5-6,8,10-11,15H,3-4,7,9H2,1-2H3. The number of hydrogen-bond donors (Lipinski definition) is 1. The Morgan fingerprint density at radius 2 is 2.31 bits per heavy atom. The van der Waals surface area contributed by atoms with Crippen LogP contribution in [0.4, 0.5) is 0 Å². The Labute approximate surface area is 97.2 Å². The zero-order valence-electron chi connectivity index (χ0n) is 10.1. The van der Waals surface area contributed by atoms with Crippen LogP contribution in [0.2, 0.25) is 0 Å². The minimum absolute atomic E-state index is 0.490. The number of rotatable bonds is 6. The second-order valence-electron chi connectivity index (χ2n) is 4.77. The lowest BCUT2D eigenvalue weighted by Crippen LogP contribution is -2.22. The Morgan fingerprint density at radius 1 is 1.50 bits per heavy atom. The van der Waals surface area contributed by atoms with E-state index in [1.165, 1.54) is 18.4 Å². The van der Waals surface area contributed by atoms with Crippen LogP contribution in [-0.4, -0.2) is 17.6 Å². The third kappa shape index (κ3) is 3.49. The second-order valence-corrected chi connectivity index (χ2v) is 4.77. The van der Waals surface area contributed by atoms with Crippen molar-refractivity contribution < 1.29 is 4.74 Å². The van der Waals surface area contributed by atoms with Gasteiger partial charge in [-0.2, -0.15) is 0 Å². The molecular weight excluding hydrogens is 200 g/mol. The third-order valence-electron chi connectivity index (χ3n) is 2.74. The van der Waals surface area contributed by atoms with Gasteiger partial charge in [0.15, 0.2) is 0 Å². The summed E-state index contributed by atoms with van der Waals surface area (Å²) in [6, 6.07) is 2.52. The molecular formula is C13H20N2O. The molecule has 16 heavy (non-hydrogen) atoms. The van der Waals surface area contributed by atoms with E-state index in [1.807, 2.05) is 18.5 Å². The van der Waals surface area contributed by atoms with Gasteiger partial charge < -0.3 is 10.1 Å². The van der Waals surface area contributed by atoms with Crippen molar-refractivity contribution in [3.05, 3.63) is 24.0 Å². The number of nitrogens with one attached hydrogen (secondary N) is 1. The zero-order chi connectivity index (χ0) is 11.4. The molecule has 3 heteroatoms. The van der Waals surface area contributed by atoms with Gasteiger partial charge in [-0.3, -0.25) is 4.98 Å². The smallest absolute Gasteiger partial charge is 0.142 e. The molecule has 0 aromatic carbocycles. The van der Waals surface area contributed by atoms with Gasteiger partial charge in [0.05, 0.1) is 12.8 Å². The highest BCUT2D eigenvalue weighted by molar-refractivity contribution is 5.29. The monoisotopic (exact) mass is 220 g/mol. The Hall–Kier alpha value is -1.09. The van der Waals surface area contributed by atoms with E-state index in [9.17, 15) is 0 Å². The topological polar surface area (TPSA) is 34.2 Å². The molecule has 1 saturated carbocycles. The van der Waals surface area contributed by atoms with E-state index in [4.69, 9.17) is 4.74 Å². The van der Waals surface area contributed by atoms with E-state index in [-0.39, 0.29) is 0 Å². The molecule has 0 amide bonds. The molecule has 1 aliphatic carbocycles. The predicted octanol–water partition coefficient (Wildman–Crippen LogP) is 2.37. The minimum atomic E-state index is 0.490. The van der Waals surface area contributed by atoms with Crippen molar-refractivity contribution in [3.8, 4) is 5.75 Å². The maximum atomic E-state index is 5.79. The van der Waals surface area contributed by atoms with Crippen molar-refractivity contribution in [2.24, 2.45) is 5.92 Å². The molecule has 1 N–H and O–H groups in total. The lowest BCUT2D eigenvalue weighted by Gasteiger charge is -2.12. The van der Waals surface area contributed by atoms with Crippen molar-refractivity contribution in [1.82, 2.24) is 10.3 Å². The Bertz CT molecular complexity index is 309. The van der Waals surface area contributed by atoms with Gasteiger partial charge in [-0.25, -0.2) is 0 Å². The van der Waals surface area contributed by atoms with Crippen molar-refractivity contribution in [2.75, 3.05) is 6.61 Å². The van der Waals surface area contributed by atoms with E-state index in [2.05, 4.69) is 24.1 Å². The second kappa shape index (κ2) is 5.30. The molecule has 0 saturated heterocycles. The number of nitrogens with zero attached hydrogens (tertiary/aromatic N) is 1. The molecule has 1 aliphatic rings. The fourth-order valence-electron chi connectivity index (χ4n) is 1.49. The van der Waals surface area contributed by atoms with Crippen LogP contribution >= 0.6 is 0 Å². The van der Waals surface area contributed by atoms with Crippen LogP contribution < -0.4 is 10.1 Å². The highest BCUT2D eigenvalue weighted by atomic mass is 16.5. The average molecular weight is 220 g/mol. The number of pyridine rings is 1. The van der Waals surface area contributed by atoms with E-state index in [1.54, 1.807) is 0 Å². The summed E-state index contributed by atoms with van der Waals surface area (Å²) in [5, 5.41) is 3.40. The Kier molecular flexibility index (Phi) is 3.78. The summed E-state index contributed by atoms with van der Waals surface area (Å²) in [5.74, 6) is 1.72. The lowest BCUT2D eigenvalue weighted by molar-refractivity contribution is 0.294. The van der Waals surface area contributed by atoms with Gasteiger partial charge in [0, 0.05) is 24.3 Å². The number of ether oxygens (including phenoxy) is 1. The first kappa shape index (κ1) is 11.4. The predicted molar refractivity (Wildman–Crippen MR) is 64.4 cm³/mol. The van der Waals surface area contributed by atoms with Gasteiger partial charge in [-0.05, 0) is 24.8 Å². The minimum Gasteiger partial charge on any atom is -0.491 e. The summed E-state index contributed by atoms with van der Waals surface area (Å²) in [5.41, 5.74) is 1.20. The SMILES string of the molecule is CC(C)NCc1ccncc1OCC1CC1. The van der Waals surface area contributed by atoms with Gasteiger partial charge in [-0.15, -0.1) is 0 Å². The molecule has 0 atom stereocenters. The molecule has 0 aliphatic heterocycles. The molecule has 3 nitrogen and oxygen atoms in total. The third-order valence-corrected chi connectivity index (χ3v) is 2.74. The van der Waals surface area contributed by atoms with Crippen LogP contribution in [0.1, 0.15) is 32.3 Å². The Balaban J connectivity index is 1.92. The van der Waals surface area contributed by atoms with Crippen molar-refractivity contribution in [3.63, 3.8) is 0 Å². The summed E-state index contributed by atoms with van der Waals surface area (Å²) in [4.78, 5) is 4.12. The van der Waals surface area contributed by atoms with Crippen LogP contribution in [0.25, 0.3) is 0 Å². The molecule has 0 unspecified atom stereocenters. The highest BCUT2D eigenvalue weighted by Crippen LogP contribution is 2.30. The van der Waals surface area contributed by atoms with Crippen molar-refractivity contribution >= 4 is 0 Å². The summed E-state index contributed by atoms with van der Waals surface area (Å²) < 4.78 is 5.79. The fourth-order valence-corrected chi connectivity index (χ4v) is 1.49. The normalized spacial score (nSPS) is 15.4. The Morgan fingerprint density at radius 3 is 3.00 bits per heavy atom. The summed E-state index contributed by atoms with van der Waals surface area (Å²) in [7, 11) is 0. The van der Waals surface area contributed by atoms with E-state index >= 15 is 0 Å². The molecule has 0 bridgehead atoms. The molecule has 0 spiro atoms. The maximum Gasteiger partial charge on any atom is 0.142 e. The molecule has 0 radical (unpaired) electrons. The molecule has 1 heterocycles. The molecule has 88 valence electrons. The van der Waals surface area contributed by atoms with Crippen molar-refractivity contribution in [2.45, 2.75) is 39.3 Å². The average Bonchev–Trinajstić information content (AvgIpc) is 3.08. The van der Waals surface area contributed by atoms with Gasteiger partial charge in [0.1, 0.15) is 5.75 Å². The van der Waals surface area contributed by atoms with Gasteiger partial charge in [-0.1, -0.05) is 13.8 Å². The highest BCUT2D eigenvalue weighted by Gasteiger charge is 2.22. The molecule has 2 rings (SSSR count). The van der Waals surface area contributed by atoms with E-state index in [0.717, 1.165) is 24.8 Å². The van der Waals surface area contributed by atoms with Crippen LogP contribution in [0.15, 0.2) is 18.5 Å². The van der Waals surface area contributed by atoms with Crippen molar-refractivity contribution in [1.29, 1.82) is 0 Å². The largest absolute Gasteiger partial charge is 0.491 e. The first-order valence-corrected chi connectivity index (χ1v) is 6.05. The van der Waals surface area contributed by atoms with Crippen LogP contribution in [-0.2, 0) is 6.54 Å². The quantitative estimate of drug-likeness (QED) is 0.799. The zero-order valence-corrected chi connectivity index (χ0v) is 10.1. The summed E-state index contributed by atoms with van der Waals surface area (Å²) in [6.07, 6.45) is 6.28. The lowest BCUT2D eigenvalue weighted by atomic mass is 10.2. The number of hydrogen-bond acceptors (Lipinski definition) is 3. The van der Waals surface area contributed by atoms with Crippen LogP contribution in [0.5, 0.6) is 5.75 Å². The van der Waals surface area contributed by atoms with Gasteiger partial charge >= 0.3 is 0 Å². The molecule has 1 aromatic heterocycles. The maximum absolute atomic E-state index is 5.79. The van der Waals surface area contributed by atoms with E-state index in [0.29, 0.717) is 6.04 Å². The first-order chi connectivity index (χ1) is 7.75.